The maximum absolute atomic E-state index is 12.2. The number of carbonyl (C=O) groups is 1. The van der Waals surface area contributed by atoms with Crippen LogP contribution in [0.2, 0.25) is 0 Å². The highest BCUT2D eigenvalue weighted by atomic mass is 16.2. The highest BCUT2D eigenvalue weighted by Crippen LogP contribution is 2.43. The van der Waals surface area contributed by atoms with Crippen LogP contribution in [-0.4, -0.2) is 26.6 Å². The van der Waals surface area contributed by atoms with E-state index >= 15 is 0 Å². The number of amides is 2. The Morgan fingerprint density at radius 2 is 2.12 bits per heavy atom. The zero-order valence-corrected chi connectivity index (χ0v) is 14.4. The molecule has 2 N–H and O–H groups in total. The molecule has 0 aliphatic heterocycles. The number of hydrogen-bond acceptors (Lipinski definition) is 3. The van der Waals surface area contributed by atoms with Crippen LogP contribution in [0.4, 0.5) is 4.79 Å². The average Bonchev–Trinajstić information content (AvgIpc) is 3.35. The Kier molecular flexibility index (Phi) is 4.68. The lowest BCUT2D eigenvalue weighted by Crippen LogP contribution is -2.44. The molecule has 6 nitrogen and oxygen atoms in total. The molecule has 0 aromatic carbocycles. The first-order valence-corrected chi connectivity index (χ1v) is 9.25. The maximum Gasteiger partial charge on any atom is 0.315 e. The van der Waals surface area contributed by atoms with Crippen LogP contribution >= 0.6 is 0 Å². The summed E-state index contributed by atoms with van der Waals surface area (Å²) < 4.78 is 1.85. The fourth-order valence-electron chi connectivity index (χ4n) is 3.88. The summed E-state index contributed by atoms with van der Waals surface area (Å²) >= 11 is 0. The van der Waals surface area contributed by atoms with Crippen LogP contribution in [0.5, 0.6) is 0 Å². The van der Waals surface area contributed by atoms with E-state index in [0.29, 0.717) is 12.6 Å². The molecular formula is C19H25N5O. The number of aromatic nitrogens is 3. The number of rotatable bonds is 5. The van der Waals surface area contributed by atoms with Crippen molar-refractivity contribution in [3.8, 4) is 5.82 Å². The zero-order chi connectivity index (χ0) is 17.1. The third-order valence-electron chi connectivity index (χ3n) is 5.37. The summed E-state index contributed by atoms with van der Waals surface area (Å²) in [6, 6.07) is 4.15. The average molecular weight is 339 g/mol. The van der Waals surface area contributed by atoms with Crippen molar-refractivity contribution in [3.05, 3.63) is 42.6 Å². The van der Waals surface area contributed by atoms with Crippen molar-refractivity contribution in [2.24, 2.45) is 11.8 Å². The van der Waals surface area contributed by atoms with E-state index in [1.165, 1.54) is 25.7 Å². The first kappa shape index (κ1) is 16.1. The number of urea groups is 1. The molecule has 2 aliphatic carbocycles. The van der Waals surface area contributed by atoms with Gasteiger partial charge >= 0.3 is 6.03 Å². The van der Waals surface area contributed by atoms with Gasteiger partial charge in [0.15, 0.2) is 0 Å². The normalized spacial score (nSPS) is 23.2. The van der Waals surface area contributed by atoms with Crippen LogP contribution in [0, 0.1) is 11.8 Å². The maximum atomic E-state index is 12.2. The van der Waals surface area contributed by atoms with Crippen LogP contribution in [0.15, 0.2) is 37.1 Å². The molecule has 25 heavy (non-hydrogen) atoms. The van der Waals surface area contributed by atoms with Crippen LogP contribution < -0.4 is 10.6 Å². The van der Waals surface area contributed by atoms with E-state index in [1.807, 2.05) is 22.9 Å². The van der Waals surface area contributed by atoms with Crippen molar-refractivity contribution < 1.29 is 4.79 Å². The summed E-state index contributed by atoms with van der Waals surface area (Å²) in [4.78, 5) is 20.6. The summed E-state index contributed by atoms with van der Waals surface area (Å²) in [5.41, 5.74) is 1.02. The summed E-state index contributed by atoms with van der Waals surface area (Å²) in [6.07, 6.45) is 14.7. The number of nitrogens with one attached hydrogen (secondary N) is 2. The lowest BCUT2D eigenvalue weighted by molar-refractivity contribution is 0.220. The van der Waals surface area contributed by atoms with E-state index < -0.39 is 0 Å². The van der Waals surface area contributed by atoms with Gasteiger partial charge in [0, 0.05) is 31.2 Å². The molecule has 0 spiro atoms. The van der Waals surface area contributed by atoms with Gasteiger partial charge < -0.3 is 10.6 Å². The summed E-state index contributed by atoms with van der Waals surface area (Å²) in [5.74, 6) is 2.57. The molecule has 132 valence electrons. The number of pyridine rings is 1. The Balaban J connectivity index is 1.28. The Morgan fingerprint density at radius 1 is 1.20 bits per heavy atom. The van der Waals surface area contributed by atoms with Gasteiger partial charge in [-0.05, 0) is 55.2 Å². The molecule has 2 saturated carbocycles. The quantitative estimate of drug-likeness (QED) is 0.879. The predicted molar refractivity (Wildman–Crippen MR) is 95.2 cm³/mol. The second-order valence-corrected chi connectivity index (χ2v) is 7.28. The number of nitrogens with zero attached hydrogens (tertiary/aromatic N) is 3. The molecule has 2 aromatic rings. The summed E-state index contributed by atoms with van der Waals surface area (Å²) in [5, 5.41) is 6.14. The first-order valence-electron chi connectivity index (χ1n) is 9.25. The summed E-state index contributed by atoms with van der Waals surface area (Å²) in [7, 11) is 0. The highest BCUT2D eigenvalue weighted by Gasteiger charge is 2.34. The molecule has 0 radical (unpaired) electrons. The molecule has 2 amide bonds. The van der Waals surface area contributed by atoms with Gasteiger partial charge in [-0.15, -0.1) is 0 Å². The second-order valence-electron chi connectivity index (χ2n) is 7.28. The van der Waals surface area contributed by atoms with Gasteiger partial charge in [-0.3, -0.25) is 4.57 Å². The largest absolute Gasteiger partial charge is 0.335 e. The molecule has 2 aromatic heterocycles. The number of carbonyl (C=O) groups excluding carboxylic acids is 1. The fourth-order valence-corrected chi connectivity index (χ4v) is 3.88. The molecule has 4 rings (SSSR count). The topological polar surface area (TPSA) is 71.8 Å². The zero-order valence-electron chi connectivity index (χ0n) is 14.4. The van der Waals surface area contributed by atoms with Gasteiger partial charge in [0.1, 0.15) is 12.1 Å². The Labute approximate surface area is 148 Å². The monoisotopic (exact) mass is 339 g/mol. The van der Waals surface area contributed by atoms with Gasteiger partial charge in [0.2, 0.25) is 0 Å². The fraction of sp³-hybridized carbons (Fsp3) is 0.526. The lowest BCUT2D eigenvalue weighted by Gasteiger charge is -2.29. The summed E-state index contributed by atoms with van der Waals surface area (Å²) in [6.45, 7) is 0.495. The van der Waals surface area contributed by atoms with E-state index in [-0.39, 0.29) is 6.03 Å². The van der Waals surface area contributed by atoms with E-state index in [2.05, 4.69) is 20.6 Å². The molecule has 0 saturated heterocycles. The molecule has 2 heterocycles. The molecule has 0 unspecified atom stereocenters. The van der Waals surface area contributed by atoms with Gasteiger partial charge in [-0.25, -0.2) is 14.8 Å². The van der Waals surface area contributed by atoms with E-state index in [9.17, 15) is 4.79 Å². The van der Waals surface area contributed by atoms with Crippen molar-refractivity contribution in [3.63, 3.8) is 0 Å². The van der Waals surface area contributed by atoms with Crippen LogP contribution in [0.25, 0.3) is 5.82 Å². The lowest BCUT2D eigenvalue weighted by atomic mass is 9.83. The SMILES string of the molecule is O=C(NCc1ccnc(-n2ccnc2)c1)N[C@H]1CCC[C@H](C2CC2)C1. The molecular weight excluding hydrogens is 314 g/mol. The number of imidazole rings is 1. The minimum absolute atomic E-state index is 0.0672. The van der Waals surface area contributed by atoms with Gasteiger partial charge in [0.05, 0.1) is 0 Å². The predicted octanol–water partition coefficient (Wildman–Crippen LogP) is 3.04. The van der Waals surface area contributed by atoms with Crippen molar-refractivity contribution in [1.82, 2.24) is 25.2 Å². The third-order valence-corrected chi connectivity index (χ3v) is 5.37. The van der Waals surface area contributed by atoms with E-state index in [0.717, 1.165) is 36.1 Å². The third kappa shape index (κ3) is 4.18. The van der Waals surface area contributed by atoms with Crippen LogP contribution in [0.3, 0.4) is 0 Å². The standard InChI is InChI=1S/C19H25N5O/c25-19(23-17-3-1-2-16(11-17)15-4-5-15)22-12-14-6-7-21-18(10-14)24-9-8-20-13-24/h6-10,13,15-17H,1-5,11-12H2,(H2,22,23,25)/t16-,17-/m0/s1. The second kappa shape index (κ2) is 7.25. The molecule has 2 fully saturated rings. The minimum atomic E-state index is -0.0672. The Hall–Kier alpha value is -2.37. The first-order chi connectivity index (χ1) is 12.3. The molecule has 2 aliphatic rings. The van der Waals surface area contributed by atoms with Crippen LogP contribution in [-0.2, 0) is 6.54 Å². The van der Waals surface area contributed by atoms with Crippen molar-refractivity contribution in [1.29, 1.82) is 0 Å². The molecule has 0 bridgehead atoms. The van der Waals surface area contributed by atoms with E-state index in [4.69, 9.17) is 0 Å². The van der Waals surface area contributed by atoms with Gasteiger partial charge in [0.25, 0.3) is 0 Å². The Morgan fingerprint density at radius 3 is 2.92 bits per heavy atom. The van der Waals surface area contributed by atoms with Gasteiger partial charge in [-0.1, -0.05) is 12.8 Å². The Bertz CT molecular complexity index is 710. The minimum Gasteiger partial charge on any atom is -0.335 e. The van der Waals surface area contributed by atoms with Crippen LogP contribution in [0.1, 0.15) is 44.1 Å². The van der Waals surface area contributed by atoms with Crippen molar-refractivity contribution in [2.75, 3.05) is 0 Å². The smallest absolute Gasteiger partial charge is 0.315 e. The molecule has 6 heteroatoms. The van der Waals surface area contributed by atoms with Crippen molar-refractivity contribution >= 4 is 6.03 Å². The number of hydrogen-bond donors (Lipinski definition) is 2. The van der Waals surface area contributed by atoms with Crippen molar-refractivity contribution in [2.45, 2.75) is 51.1 Å². The van der Waals surface area contributed by atoms with Gasteiger partial charge in [-0.2, -0.15) is 0 Å². The van der Waals surface area contributed by atoms with E-state index in [1.54, 1.807) is 18.7 Å². The molecule has 2 atom stereocenters. The highest BCUT2D eigenvalue weighted by molar-refractivity contribution is 5.74.